The number of unbranched alkanes of at least 4 members (excludes halogenated alkanes) is 3. The van der Waals surface area contributed by atoms with Crippen molar-refractivity contribution in [2.45, 2.75) is 39.5 Å². The summed E-state index contributed by atoms with van der Waals surface area (Å²) < 4.78 is 0. The second-order valence-electron chi connectivity index (χ2n) is 4.27. The smallest absolute Gasteiger partial charge is 0.307 e. The molecule has 94 valence electrons. The van der Waals surface area contributed by atoms with Gasteiger partial charge in [-0.05, 0) is 32.4 Å². The van der Waals surface area contributed by atoms with Crippen molar-refractivity contribution in [2.75, 3.05) is 19.6 Å². The lowest BCUT2D eigenvalue weighted by Gasteiger charge is -2.22. The van der Waals surface area contributed by atoms with Gasteiger partial charge in [0.1, 0.15) is 0 Å². The Morgan fingerprint density at radius 3 is 2.62 bits per heavy atom. The van der Waals surface area contributed by atoms with Crippen molar-refractivity contribution in [1.29, 1.82) is 0 Å². The van der Waals surface area contributed by atoms with Gasteiger partial charge in [-0.15, -0.1) is 6.58 Å². The van der Waals surface area contributed by atoms with Crippen LogP contribution in [0.4, 0.5) is 0 Å². The molecule has 0 aliphatic rings. The van der Waals surface area contributed by atoms with Crippen LogP contribution in [0.2, 0.25) is 0 Å². The summed E-state index contributed by atoms with van der Waals surface area (Å²) in [6, 6.07) is 0. The average molecular weight is 227 g/mol. The second kappa shape index (κ2) is 9.40. The molecule has 1 unspecified atom stereocenters. The van der Waals surface area contributed by atoms with Gasteiger partial charge in [0.15, 0.2) is 0 Å². The summed E-state index contributed by atoms with van der Waals surface area (Å²) >= 11 is 0. The fourth-order valence-electron chi connectivity index (χ4n) is 1.64. The van der Waals surface area contributed by atoms with Crippen molar-refractivity contribution in [2.24, 2.45) is 5.92 Å². The maximum absolute atomic E-state index is 10.7. The van der Waals surface area contributed by atoms with Crippen LogP contribution in [0.25, 0.3) is 0 Å². The minimum Gasteiger partial charge on any atom is -0.481 e. The zero-order valence-electron chi connectivity index (χ0n) is 10.6. The van der Waals surface area contributed by atoms with E-state index in [1.165, 1.54) is 12.8 Å². The van der Waals surface area contributed by atoms with Gasteiger partial charge in [-0.2, -0.15) is 0 Å². The molecule has 0 aliphatic carbocycles. The SMILES string of the molecule is C=CCCCCCN(CC)CC(C)C(=O)O. The van der Waals surface area contributed by atoms with E-state index >= 15 is 0 Å². The van der Waals surface area contributed by atoms with E-state index in [1.54, 1.807) is 6.92 Å². The summed E-state index contributed by atoms with van der Waals surface area (Å²) in [5, 5.41) is 8.83. The van der Waals surface area contributed by atoms with E-state index in [9.17, 15) is 4.79 Å². The number of carboxylic acid groups (broad SMARTS) is 1. The summed E-state index contributed by atoms with van der Waals surface area (Å²) in [4.78, 5) is 12.9. The van der Waals surface area contributed by atoms with Crippen molar-refractivity contribution >= 4 is 5.97 Å². The molecule has 16 heavy (non-hydrogen) atoms. The summed E-state index contributed by atoms with van der Waals surface area (Å²) in [6.45, 7) is 10.1. The summed E-state index contributed by atoms with van der Waals surface area (Å²) in [5.41, 5.74) is 0. The van der Waals surface area contributed by atoms with E-state index in [0.29, 0.717) is 6.54 Å². The normalized spacial score (nSPS) is 12.7. The van der Waals surface area contributed by atoms with E-state index in [-0.39, 0.29) is 5.92 Å². The Labute approximate surface area is 99.1 Å². The largest absolute Gasteiger partial charge is 0.481 e. The Balaban J connectivity index is 3.66. The second-order valence-corrected chi connectivity index (χ2v) is 4.27. The van der Waals surface area contributed by atoms with Crippen LogP contribution in [-0.4, -0.2) is 35.6 Å². The number of aliphatic carboxylic acids is 1. The minimum atomic E-state index is -0.704. The Kier molecular flexibility index (Phi) is 8.91. The quantitative estimate of drug-likeness (QED) is 0.461. The Hall–Kier alpha value is -0.830. The van der Waals surface area contributed by atoms with Crippen LogP contribution in [0, 0.1) is 5.92 Å². The molecule has 0 aromatic rings. The number of rotatable bonds is 10. The molecule has 3 heteroatoms. The standard InChI is InChI=1S/C13H25NO2/c1-4-6-7-8-9-10-14(5-2)11-12(3)13(15)16/h4,12H,1,5-11H2,2-3H3,(H,15,16). The first-order chi connectivity index (χ1) is 7.61. The van der Waals surface area contributed by atoms with Gasteiger partial charge in [0.2, 0.25) is 0 Å². The maximum atomic E-state index is 10.7. The predicted octanol–water partition coefficient (Wildman–Crippen LogP) is 2.78. The van der Waals surface area contributed by atoms with Crippen molar-refractivity contribution in [1.82, 2.24) is 4.90 Å². The van der Waals surface area contributed by atoms with Gasteiger partial charge in [0.05, 0.1) is 5.92 Å². The van der Waals surface area contributed by atoms with E-state index in [0.717, 1.165) is 25.9 Å². The maximum Gasteiger partial charge on any atom is 0.307 e. The van der Waals surface area contributed by atoms with Gasteiger partial charge in [0.25, 0.3) is 0 Å². The van der Waals surface area contributed by atoms with Gasteiger partial charge in [-0.1, -0.05) is 26.3 Å². The molecular formula is C13H25NO2. The molecule has 0 aliphatic heterocycles. The molecular weight excluding hydrogens is 202 g/mol. The van der Waals surface area contributed by atoms with E-state index in [1.807, 2.05) is 6.08 Å². The molecule has 0 spiro atoms. The first kappa shape index (κ1) is 15.2. The summed E-state index contributed by atoms with van der Waals surface area (Å²) in [5.74, 6) is -0.974. The van der Waals surface area contributed by atoms with Crippen molar-refractivity contribution < 1.29 is 9.90 Å². The Morgan fingerprint density at radius 1 is 1.44 bits per heavy atom. The third-order valence-electron chi connectivity index (χ3n) is 2.78. The van der Waals surface area contributed by atoms with Gasteiger partial charge in [0, 0.05) is 6.54 Å². The number of carboxylic acids is 1. The molecule has 0 aromatic carbocycles. The van der Waals surface area contributed by atoms with Crippen molar-refractivity contribution in [3.05, 3.63) is 12.7 Å². The highest BCUT2D eigenvalue weighted by Crippen LogP contribution is 2.05. The summed E-state index contributed by atoms with van der Waals surface area (Å²) in [6.07, 6.45) is 6.56. The average Bonchev–Trinajstić information content (AvgIpc) is 2.26. The lowest BCUT2D eigenvalue weighted by Crippen LogP contribution is -2.32. The minimum absolute atomic E-state index is 0.270. The first-order valence-corrected chi connectivity index (χ1v) is 6.17. The Morgan fingerprint density at radius 2 is 2.12 bits per heavy atom. The molecule has 0 saturated carbocycles. The zero-order chi connectivity index (χ0) is 12.4. The van der Waals surface area contributed by atoms with E-state index in [2.05, 4.69) is 18.4 Å². The molecule has 0 aromatic heterocycles. The van der Waals surface area contributed by atoms with E-state index in [4.69, 9.17) is 5.11 Å². The van der Waals surface area contributed by atoms with Crippen LogP contribution in [0.1, 0.15) is 39.5 Å². The Bertz CT molecular complexity index is 204. The molecule has 0 heterocycles. The monoisotopic (exact) mass is 227 g/mol. The zero-order valence-corrected chi connectivity index (χ0v) is 10.6. The molecule has 0 rings (SSSR count). The van der Waals surface area contributed by atoms with Crippen LogP contribution >= 0.6 is 0 Å². The van der Waals surface area contributed by atoms with Gasteiger partial charge >= 0.3 is 5.97 Å². The van der Waals surface area contributed by atoms with Gasteiger partial charge in [-0.3, -0.25) is 4.79 Å². The highest BCUT2D eigenvalue weighted by molar-refractivity contribution is 5.69. The van der Waals surface area contributed by atoms with Crippen LogP contribution in [0.3, 0.4) is 0 Å². The van der Waals surface area contributed by atoms with E-state index < -0.39 is 5.97 Å². The molecule has 3 nitrogen and oxygen atoms in total. The molecule has 0 radical (unpaired) electrons. The lowest BCUT2D eigenvalue weighted by atomic mass is 10.1. The number of allylic oxidation sites excluding steroid dienone is 1. The lowest BCUT2D eigenvalue weighted by molar-refractivity contribution is -0.141. The first-order valence-electron chi connectivity index (χ1n) is 6.17. The van der Waals surface area contributed by atoms with Crippen LogP contribution in [0.5, 0.6) is 0 Å². The third-order valence-corrected chi connectivity index (χ3v) is 2.78. The van der Waals surface area contributed by atoms with Crippen molar-refractivity contribution in [3.8, 4) is 0 Å². The molecule has 0 amide bonds. The predicted molar refractivity (Wildman–Crippen MR) is 67.6 cm³/mol. The molecule has 1 N–H and O–H groups in total. The number of nitrogens with zero attached hydrogens (tertiary/aromatic N) is 1. The number of carbonyl (C=O) groups is 1. The number of hydrogen-bond acceptors (Lipinski definition) is 2. The topological polar surface area (TPSA) is 40.5 Å². The fourth-order valence-corrected chi connectivity index (χ4v) is 1.64. The highest BCUT2D eigenvalue weighted by atomic mass is 16.4. The van der Waals surface area contributed by atoms with Crippen LogP contribution < -0.4 is 0 Å². The van der Waals surface area contributed by atoms with Crippen molar-refractivity contribution in [3.63, 3.8) is 0 Å². The fraction of sp³-hybridized carbons (Fsp3) is 0.769. The molecule has 1 atom stereocenters. The molecule has 0 fully saturated rings. The molecule has 0 saturated heterocycles. The third kappa shape index (κ3) is 7.46. The highest BCUT2D eigenvalue weighted by Gasteiger charge is 2.14. The number of hydrogen-bond donors (Lipinski definition) is 1. The van der Waals surface area contributed by atoms with Gasteiger partial charge in [-0.25, -0.2) is 0 Å². The van der Waals surface area contributed by atoms with Crippen LogP contribution in [0.15, 0.2) is 12.7 Å². The summed E-state index contributed by atoms with van der Waals surface area (Å²) in [7, 11) is 0. The molecule has 0 bridgehead atoms. The van der Waals surface area contributed by atoms with Gasteiger partial charge < -0.3 is 10.0 Å². The van der Waals surface area contributed by atoms with Crippen LogP contribution in [-0.2, 0) is 4.79 Å².